The van der Waals surface area contributed by atoms with Gasteiger partial charge in [0, 0.05) is 22.3 Å². The monoisotopic (exact) mass is 388 g/mol. The molecule has 8 heteroatoms. The van der Waals surface area contributed by atoms with E-state index in [1.807, 2.05) is 13.0 Å². The van der Waals surface area contributed by atoms with E-state index in [0.717, 1.165) is 16.1 Å². The fourth-order valence-corrected chi connectivity index (χ4v) is 2.23. The first kappa shape index (κ1) is 17.5. The van der Waals surface area contributed by atoms with Crippen molar-refractivity contribution in [1.82, 2.24) is 9.97 Å². The summed E-state index contributed by atoms with van der Waals surface area (Å²) in [7, 11) is 0. The Morgan fingerprint density at radius 2 is 1.87 bits per heavy atom. The third-order valence-electron chi connectivity index (χ3n) is 2.96. The van der Waals surface area contributed by atoms with Crippen molar-refractivity contribution in [2.75, 3.05) is 10.6 Å². The summed E-state index contributed by atoms with van der Waals surface area (Å²) in [5, 5.41) is 5.72. The fraction of sp³-hybridized carbons (Fsp3) is 0.333. The van der Waals surface area contributed by atoms with Crippen LogP contribution in [-0.2, 0) is 6.18 Å². The molecule has 0 atom stereocenters. The molecule has 0 spiro atoms. The van der Waals surface area contributed by atoms with E-state index in [2.05, 4.69) is 36.5 Å². The number of benzene rings is 1. The molecule has 2 aromatic rings. The van der Waals surface area contributed by atoms with Gasteiger partial charge in [-0.25, -0.2) is 4.98 Å². The van der Waals surface area contributed by atoms with E-state index in [1.54, 1.807) is 26.0 Å². The average Bonchev–Trinajstić information content (AvgIpc) is 2.42. The molecule has 2 rings (SSSR count). The van der Waals surface area contributed by atoms with Crippen molar-refractivity contribution in [2.24, 2.45) is 0 Å². The molecule has 2 N–H and O–H groups in total. The summed E-state index contributed by atoms with van der Waals surface area (Å²) in [5.41, 5.74) is 0.547. The van der Waals surface area contributed by atoms with Crippen molar-refractivity contribution < 1.29 is 13.2 Å². The van der Waals surface area contributed by atoms with Crippen LogP contribution in [0.1, 0.15) is 25.1 Å². The van der Waals surface area contributed by atoms with Gasteiger partial charge in [-0.15, -0.1) is 0 Å². The maximum atomic E-state index is 13.0. The molecule has 0 saturated heterocycles. The minimum Gasteiger partial charge on any atom is -0.352 e. The second kappa shape index (κ2) is 6.74. The van der Waals surface area contributed by atoms with Crippen LogP contribution in [0, 0.1) is 6.92 Å². The van der Waals surface area contributed by atoms with Gasteiger partial charge in [-0.05, 0) is 38.5 Å². The zero-order valence-electron chi connectivity index (χ0n) is 12.8. The molecule has 0 fully saturated rings. The number of halogens is 4. The molecule has 0 bridgehead atoms. The number of nitrogens with zero attached hydrogens (tertiary/aromatic N) is 2. The predicted molar refractivity (Wildman–Crippen MR) is 88.0 cm³/mol. The van der Waals surface area contributed by atoms with E-state index in [0.29, 0.717) is 5.69 Å². The van der Waals surface area contributed by atoms with Crippen LogP contribution in [0.4, 0.5) is 30.6 Å². The average molecular weight is 389 g/mol. The second-order valence-corrected chi connectivity index (χ2v) is 6.15. The number of rotatable bonds is 4. The standard InChI is InChI=1S/C15H16BrF3N4/c1-8(2)20-14-22-12(15(17,18)19)7-13(23-14)21-11-6-4-5-10(16)9(11)3/h4-8H,1-3H3,(H2,20,21,22,23). The minimum atomic E-state index is -4.54. The van der Waals surface area contributed by atoms with E-state index < -0.39 is 11.9 Å². The number of hydrogen-bond acceptors (Lipinski definition) is 4. The highest BCUT2D eigenvalue weighted by Crippen LogP contribution is 2.31. The Hall–Kier alpha value is -1.83. The number of anilines is 3. The number of hydrogen-bond donors (Lipinski definition) is 2. The lowest BCUT2D eigenvalue weighted by Crippen LogP contribution is -2.17. The molecule has 0 radical (unpaired) electrons. The molecule has 0 unspecified atom stereocenters. The highest BCUT2D eigenvalue weighted by molar-refractivity contribution is 9.10. The van der Waals surface area contributed by atoms with Crippen molar-refractivity contribution in [2.45, 2.75) is 33.0 Å². The molecule has 1 aromatic carbocycles. The first-order chi connectivity index (χ1) is 10.7. The Kier molecular flexibility index (Phi) is 5.13. The zero-order chi connectivity index (χ0) is 17.2. The lowest BCUT2D eigenvalue weighted by atomic mass is 10.2. The largest absolute Gasteiger partial charge is 0.433 e. The van der Waals surface area contributed by atoms with Crippen LogP contribution in [0.2, 0.25) is 0 Å². The van der Waals surface area contributed by atoms with Crippen LogP contribution in [0.5, 0.6) is 0 Å². The molecule has 0 aliphatic rings. The molecule has 1 aromatic heterocycles. The van der Waals surface area contributed by atoms with Gasteiger partial charge in [0.1, 0.15) is 5.82 Å². The lowest BCUT2D eigenvalue weighted by molar-refractivity contribution is -0.141. The van der Waals surface area contributed by atoms with Gasteiger partial charge in [-0.1, -0.05) is 22.0 Å². The van der Waals surface area contributed by atoms with E-state index >= 15 is 0 Å². The van der Waals surface area contributed by atoms with Gasteiger partial charge < -0.3 is 10.6 Å². The summed E-state index contributed by atoms with van der Waals surface area (Å²) in [6, 6.07) is 6.22. The summed E-state index contributed by atoms with van der Waals surface area (Å²) in [6.07, 6.45) is -4.54. The summed E-state index contributed by atoms with van der Waals surface area (Å²) >= 11 is 3.39. The van der Waals surface area contributed by atoms with Gasteiger partial charge in [0.2, 0.25) is 5.95 Å². The first-order valence-corrected chi connectivity index (χ1v) is 7.71. The van der Waals surface area contributed by atoms with Crippen LogP contribution in [0.15, 0.2) is 28.7 Å². The first-order valence-electron chi connectivity index (χ1n) is 6.92. The molecular weight excluding hydrogens is 373 g/mol. The van der Waals surface area contributed by atoms with Crippen molar-refractivity contribution >= 4 is 33.4 Å². The van der Waals surface area contributed by atoms with Gasteiger partial charge in [0.15, 0.2) is 5.69 Å². The zero-order valence-corrected chi connectivity index (χ0v) is 14.4. The molecule has 124 valence electrons. The van der Waals surface area contributed by atoms with Gasteiger partial charge in [0.25, 0.3) is 0 Å². The molecule has 1 heterocycles. The highest BCUT2D eigenvalue weighted by atomic mass is 79.9. The highest BCUT2D eigenvalue weighted by Gasteiger charge is 2.33. The third-order valence-corrected chi connectivity index (χ3v) is 3.82. The normalized spacial score (nSPS) is 11.7. The van der Waals surface area contributed by atoms with Crippen LogP contribution in [0.25, 0.3) is 0 Å². The minimum absolute atomic E-state index is 0.0648. The topological polar surface area (TPSA) is 49.8 Å². The van der Waals surface area contributed by atoms with Crippen molar-refractivity contribution in [3.8, 4) is 0 Å². The Labute approximate surface area is 140 Å². The number of alkyl halides is 3. The summed E-state index contributed by atoms with van der Waals surface area (Å²) in [5.74, 6) is 0.0154. The van der Waals surface area contributed by atoms with Crippen LogP contribution in [0.3, 0.4) is 0 Å². The van der Waals surface area contributed by atoms with Crippen LogP contribution >= 0.6 is 15.9 Å². The number of nitrogens with one attached hydrogen (secondary N) is 2. The van der Waals surface area contributed by atoms with Crippen LogP contribution in [-0.4, -0.2) is 16.0 Å². The van der Waals surface area contributed by atoms with Gasteiger partial charge in [-0.2, -0.15) is 18.2 Å². The van der Waals surface area contributed by atoms with E-state index in [4.69, 9.17) is 0 Å². The number of aromatic nitrogens is 2. The molecular formula is C15H16BrF3N4. The quantitative estimate of drug-likeness (QED) is 0.761. The van der Waals surface area contributed by atoms with Gasteiger partial charge >= 0.3 is 6.18 Å². The molecule has 0 aliphatic heterocycles. The Morgan fingerprint density at radius 3 is 2.48 bits per heavy atom. The van der Waals surface area contributed by atoms with E-state index in [1.165, 1.54) is 0 Å². The molecule has 4 nitrogen and oxygen atoms in total. The maximum absolute atomic E-state index is 13.0. The summed E-state index contributed by atoms with van der Waals surface area (Å²) in [6.45, 7) is 5.45. The maximum Gasteiger partial charge on any atom is 0.433 e. The molecule has 0 amide bonds. The van der Waals surface area contributed by atoms with Crippen LogP contribution < -0.4 is 10.6 Å². The molecule has 0 saturated carbocycles. The molecule has 0 aliphatic carbocycles. The Balaban J connectivity index is 2.42. The smallest absolute Gasteiger partial charge is 0.352 e. The molecule has 23 heavy (non-hydrogen) atoms. The lowest BCUT2D eigenvalue weighted by Gasteiger charge is -2.15. The summed E-state index contributed by atoms with van der Waals surface area (Å²) in [4.78, 5) is 7.63. The van der Waals surface area contributed by atoms with E-state index in [-0.39, 0.29) is 17.8 Å². The third kappa shape index (κ3) is 4.57. The van der Waals surface area contributed by atoms with E-state index in [9.17, 15) is 13.2 Å². The SMILES string of the molecule is Cc1c(Br)cccc1Nc1cc(C(F)(F)F)nc(NC(C)C)n1. The Morgan fingerprint density at radius 1 is 1.17 bits per heavy atom. The van der Waals surface area contributed by atoms with Crippen molar-refractivity contribution in [3.63, 3.8) is 0 Å². The van der Waals surface area contributed by atoms with Gasteiger partial charge in [-0.3, -0.25) is 0 Å². The second-order valence-electron chi connectivity index (χ2n) is 5.30. The summed E-state index contributed by atoms with van der Waals surface area (Å²) < 4.78 is 39.9. The fourth-order valence-electron chi connectivity index (χ4n) is 1.86. The van der Waals surface area contributed by atoms with Gasteiger partial charge in [0.05, 0.1) is 0 Å². The van der Waals surface area contributed by atoms with Crippen molar-refractivity contribution in [1.29, 1.82) is 0 Å². The predicted octanol–water partition coefficient (Wildman–Crippen LogP) is 5.13. The Bertz CT molecular complexity index is 702. The van der Waals surface area contributed by atoms with Crippen molar-refractivity contribution in [3.05, 3.63) is 40.0 Å².